The molecular formula is C8H16N2. The van der Waals surface area contributed by atoms with Crippen molar-refractivity contribution in [2.45, 2.75) is 26.3 Å². The van der Waals surface area contributed by atoms with Gasteiger partial charge < -0.3 is 5.32 Å². The predicted molar refractivity (Wildman–Crippen MR) is 46.4 cm³/mol. The Hall–Kier alpha value is -0.790. The van der Waals surface area contributed by atoms with Gasteiger partial charge in [0, 0.05) is 13.1 Å². The van der Waals surface area contributed by atoms with Crippen LogP contribution in [0.25, 0.3) is 0 Å². The van der Waals surface area contributed by atoms with Crippen LogP contribution < -0.4 is 5.32 Å². The molecule has 0 aliphatic carbocycles. The van der Waals surface area contributed by atoms with Crippen LogP contribution in [0.2, 0.25) is 0 Å². The molecule has 58 valence electrons. The molecule has 0 aliphatic heterocycles. The van der Waals surface area contributed by atoms with Crippen LogP contribution in [0.1, 0.15) is 20.3 Å². The number of nitrogens with one attached hydrogen (secondary N) is 1. The second-order valence-corrected chi connectivity index (χ2v) is 2.18. The Morgan fingerprint density at radius 3 is 2.80 bits per heavy atom. The van der Waals surface area contributed by atoms with Gasteiger partial charge in [0.25, 0.3) is 0 Å². The van der Waals surface area contributed by atoms with E-state index in [4.69, 9.17) is 0 Å². The molecule has 1 unspecified atom stereocenters. The fourth-order valence-corrected chi connectivity index (χ4v) is 0.588. The summed E-state index contributed by atoms with van der Waals surface area (Å²) in [6, 6.07) is 0.392. The van der Waals surface area contributed by atoms with E-state index < -0.39 is 0 Å². The highest BCUT2D eigenvalue weighted by Gasteiger charge is 1.87. The zero-order valence-electron chi connectivity index (χ0n) is 6.96. The van der Waals surface area contributed by atoms with Crippen LogP contribution in [0.5, 0.6) is 0 Å². The number of rotatable bonds is 4. The van der Waals surface area contributed by atoms with Gasteiger partial charge >= 0.3 is 0 Å². The van der Waals surface area contributed by atoms with E-state index in [1.807, 2.05) is 0 Å². The summed E-state index contributed by atoms with van der Waals surface area (Å²) < 4.78 is 0. The van der Waals surface area contributed by atoms with Crippen LogP contribution in [-0.2, 0) is 0 Å². The molecular weight excluding hydrogens is 124 g/mol. The van der Waals surface area contributed by atoms with Crippen molar-refractivity contribution >= 4 is 6.34 Å². The van der Waals surface area contributed by atoms with Crippen molar-refractivity contribution < 1.29 is 0 Å². The molecule has 10 heavy (non-hydrogen) atoms. The van der Waals surface area contributed by atoms with Gasteiger partial charge in [0.15, 0.2) is 0 Å². The van der Waals surface area contributed by atoms with Gasteiger partial charge in [0.05, 0.1) is 6.34 Å². The lowest BCUT2D eigenvalue weighted by atomic mass is 10.3. The molecule has 0 aliphatic rings. The fraction of sp³-hybridized carbons (Fsp3) is 0.625. The zero-order valence-corrected chi connectivity index (χ0v) is 6.96. The van der Waals surface area contributed by atoms with Crippen LogP contribution in [-0.4, -0.2) is 19.4 Å². The highest BCUT2D eigenvalue weighted by atomic mass is 14.9. The first kappa shape index (κ1) is 9.21. The summed E-state index contributed by atoms with van der Waals surface area (Å²) in [5.74, 6) is 0. The summed E-state index contributed by atoms with van der Waals surface area (Å²) in [5.41, 5.74) is 0. The molecule has 0 spiro atoms. The molecule has 0 bridgehead atoms. The largest absolute Gasteiger partial charge is 0.371 e. The van der Waals surface area contributed by atoms with Crippen molar-refractivity contribution in [1.29, 1.82) is 0 Å². The Labute approximate surface area is 63.0 Å². The van der Waals surface area contributed by atoms with Gasteiger partial charge in [-0.05, 0) is 13.3 Å². The summed E-state index contributed by atoms with van der Waals surface area (Å²) in [4.78, 5) is 3.81. The van der Waals surface area contributed by atoms with Crippen LogP contribution in [0.4, 0.5) is 0 Å². The summed E-state index contributed by atoms with van der Waals surface area (Å²) in [7, 11) is 1.75. The standard InChI is InChI=1S/C8H16N2/c1-4-5-6-8(2)10-7-9-3/h5-8H,4H2,1-3H3,(H,9,10)/b6-5-. The van der Waals surface area contributed by atoms with Crippen LogP contribution in [0, 0.1) is 0 Å². The monoisotopic (exact) mass is 140 g/mol. The van der Waals surface area contributed by atoms with E-state index in [1.165, 1.54) is 0 Å². The molecule has 2 heteroatoms. The highest BCUT2D eigenvalue weighted by Crippen LogP contribution is 1.85. The second-order valence-electron chi connectivity index (χ2n) is 2.18. The maximum Gasteiger partial charge on any atom is 0.0824 e. The lowest BCUT2D eigenvalue weighted by Crippen LogP contribution is -2.21. The topological polar surface area (TPSA) is 24.4 Å². The molecule has 0 amide bonds. The first-order valence-corrected chi connectivity index (χ1v) is 3.64. The Balaban J connectivity index is 3.42. The molecule has 0 rings (SSSR count). The number of nitrogens with zero attached hydrogens (tertiary/aromatic N) is 1. The minimum atomic E-state index is 0.392. The van der Waals surface area contributed by atoms with Crippen molar-refractivity contribution in [2.24, 2.45) is 4.99 Å². The van der Waals surface area contributed by atoms with Gasteiger partial charge in [-0.3, -0.25) is 4.99 Å². The average molecular weight is 140 g/mol. The van der Waals surface area contributed by atoms with Crippen molar-refractivity contribution in [3.05, 3.63) is 12.2 Å². The minimum Gasteiger partial charge on any atom is -0.371 e. The van der Waals surface area contributed by atoms with Gasteiger partial charge in [0.1, 0.15) is 0 Å². The van der Waals surface area contributed by atoms with E-state index >= 15 is 0 Å². The van der Waals surface area contributed by atoms with E-state index in [0.717, 1.165) is 6.42 Å². The average Bonchev–Trinajstić information content (AvgIpc) is 1.97. The lowest BCUT2D eigenvalue weighted by Gasteiger charge is -2.03. The van der Waals surface area contributed by atoms with Crippen LogP contribution >= 0.6 is 0 Å². The molecule has 1 atom stereocenters. The Bertz CT molecular complexity index is 116. The van der Waals surface area contributed by atoms with E-state index in [2.05, 4.69) is 36.3 Å². The molecule has 2 nitrogen and oxygen atoms in total. The predicted octanol–water partition coefficient (Wildman–Crippen LogP) is 1.59. The Morgan fingerprint density at radius 2 is 2.30 bits per heavy atom. The smallest absolute Gasteiger partial charge is 0.0824 e. The summed E-state index contributed by atoms with van der Waals surface area (Å²) in [5, 5.41) is 3.09. The molecule has 0 heterocycles. The maximum atomic E-state index is 3.81. The van der Waals surface area contributed by atoms with E-state index in [0.29, 0.717) is 6.04 Å². The number of hydrogen-bond acceptors (Lipinski definition) is 1. The third-order valence-corrected chi connectivity index (χ3v) is 1.13. The molecule has 0 aromatic carbocycles. The summed E-state index contributed by atoms with van der Waals surface area (Å²) in [6.45, 7) is 4.21. The quantitative estimate of drug-likeness (QED) is 0.358. The fourth-order valence-electron chi connectivity index (χ4n) is 0.588. The molecule has 0 radical (unpaired) electrons. The molecule has 0 saturated heterocycles. The zero-order chi connectivity index (χ0) is 7.82. The molecule has 1 N–H and O–H groups in total. The molecule has 0 aromatic rings. The highest BCUT2D eigenvalue weighted by molar-refractivity contribution is 5.54. The minimum absolute atomic E-state index is 0.392. The lowest BCUT2D eigenvalue weighted by molar-refractivity contribution is 0.813. The van der Waals surface area contributed by atoms with Crippen molar-refractivity contribution in [2.75, 3.05) is 7.05 Å². The summed E-state index contributed by atoms with van der Waals surface area (Å²) >= 11 is 0. The Morgan fingerprint density at radius 1 is 1.60 bits per heavy atom. The normalized spacial score (nSPS) is 14.7. The van der Waals surface area contributed by atoms with Crippen LogP contribution in [0.3, 0.4) is 0 Å². The molecule has 0 aromatic heterocycles. The first-order chi connectivity index (χ1) is 4.81. The van der Waals surface area contributed by atoms with Gasteiger partial charge in [-0.1, -0.05) is 19.1 Å². The maximum absolute atomic E-state index is 3.81. The SMILES string of the molecule is CC/C=C\C(C)N/C=N\C. The number of hydrogen-bond donors (Lipinski definition) is 1. The van der Waals surface area contributed by atoms with Crippen LogP contribution in [0.15, 0.2) is 17.1 Å². The second kappa shape index (κ2) is 6.33. The first-order valence-electron chi connectivity index (χ1n) is 3.64. The van der Waals surface area contributed by atoms with Crippen molar-refractivity contribution in [1.82, 2.24) is 5.32 Å². The number of allylic oxidation sites excluding steroid dienone is 1. The van der Waals surface area contributed by atoms with Gasteiger partial charge in [-0.15, -0.1) is 0 Å². The van der Waals surface area contributed by atoms with Crippen molar-refractivity contribution in [3.63, 3.8) is 0 Å². The van der Waals surface area contributed by atoms with E-state index in [1.54, 1.807) is 13.4 Å². The number of aliphatic imine (C=N–C) groups is 1. The third-order valence-electron chi connectivity index (χ3n) is 1.13. The van der Waals surface area contributed by atoms with Gasteiger partial charge in [0.2, 0.25) is 0 Å². The molecule has 0 fully saturated rings. The summed E-state index contributed by atoms with van der Waals surface area (Å²) in [6.07, 6.45) is 7.07. The van der Waals surface area contributed by atoms with Gasteiger partial charge in [-0.25, -0.2) is 0 Å². The van der Waals surface area contributed by atoms with Crippen molar-refractivity contribution in [3.8, 4) is 0 Å². The third kappa shape index (κ3) is 5.35. The van der Waals surface area contributed by atoms with E-state index in [-0.39, 0.29) is 0 Å². The molecule has 0 saturated carbocycles. The Kier molecular flexibility index (Phi) is 5.83. The van der Waals surface area contributed by atoms with E-state index in [9.17, 15) is 0 Å². The van der Waals surface area contributed by atoms with Gasteiger partial charge in [-0.2, -0.15) is 0 Å².